The molecule has 1 aromatic carbocycles. The molecule has 0 saturated carbocycles. The van der Waals surface area contributed by atoms with Crippen molar-refractivity contribution in [1.82, 2.24) is 14.9 Å². The van der Waals surface area contributed by atoms with Crippen LogP contribution in [0, 0.1) is 0 Å². The molecule has 1 aliphatic rings. The van der Waals surface area contributed by atoms with Crippen molar-refractivity contribution < 1.29 is 9.53 Å². The zero-order valence-electron chi connectivity index (χ0n) is 15.6. The number of hydrogen-bond acceptors (Lipinski definition) is 3. The molecule has 0 atom stereocenters. The zero-order valence-corrected chi connectivity index (χ0v) is 15.6. The van der Waals surface area contributed by atoms with E-state index < -0.39 is 0 Å². The van der Waals surface area contributed by atoms with E-state index in [9.17, 15) is 4.79 Å². The normalized spacial score (nSPS) is 15.2. The summed E-state index contributed by atoms with van der Waals surface area (Å²) in [5, 5.41) is 0. The molecule has 3 heterocycles. The largest absolute Gasteiger partial charge is 0.494 e. The molecule has 4 rings (SSSR count). The minimum atomic E-state index is 0.205. The Morgan fingerprint density at radius 2 is 2.00 bits per heavy atom. The molecule has 5 nitrogen and oxygen atoms in total. The number of amides is 1. The SMILES string of the molecule is CCOc1ccc(CC(=O)N2CCC(c3cc4ncccc4[nH]3)CC2)cc1. The third kappa shape index (κ3) is 3.97. The molecule has 27 heavy (non-hydrogen) atoms. The second-order valence-corrected chi connectivity index (χ2v) is 7.07. The number of H-pyrrole nitrogens is 1. The number of carbonyl (C=O) groups excluding carboxylic acids is 1. The molecule has 1 saturated heterocycles. The van der Waals surface area contributed by atoms with E-state index in [0.29, 0.717) is 18.9 Å². The van der Waals surface area contributed by atoms with Gasteiger partial charge in [0.25, 0.3) is 0 Å². The quantitative estimate of drug-likeness (QED) is 0.748. The lowest BCUT2D eigenvalue weighted by atomic mass is 9.93. The Labute approximate surface area is 159 Å². The van der Waals surface area contributed by atoms with Gasteiger partial charge in [0, 0.05) is 30.9 Å². The van der Waals surface area contributed by atoms with Gasteiger partial charge in [0.05, 0.1) is 24.1 Å². The highest BCUT2D eigenvalue weighted by molar-refractivity contribution is 5.79. The van der Waals surface area contributed by atoms with Crippen LogP contribution >= 0.6 is 0 Å². The first kappa shape index (κ1) is 17.6. The molecule has 0 radical (unpaired) electrons. The highest BCUT2D eigenvalue weighted by Crippen LogP contribution is 2.29. The van der Waals surface area contributed by atoms with Crippen LogP contribution in [0.25, 0.3) is 11.0 Å². The molecule has 1 amide bonds. The van der Waals surface area contributed by atoms with Crippen LogP contribution in [-0.4, -0.2) is 40.5 Å². The monoisotopic (exact) mass is 363 g/mol. The molecule has 0 unspecified atom stereocenters. The number of likely N-dealkylation sites (tertiary alicyclic amines) is 1. The van der Waals surface area contributed by atoms with Gasteiger partial charge in [-0.05, 0) is 55.7 Å². The van der Waals surface area contributed by atoms with Crippen LogP contribution in [0.5, 0.6) is 5.75 Å². The summed E-state index contributed by atoms with van der Waals surface area (Å²) < 4.78 is 5.46. The van der Waals surface area contributed by atoms with Gasteiger partial charge in [-0.1, -0.05) is 12.1 Å². The molecular formula is C22H25N3O2. The summed E-state index contributed by atoms with van der Waals surface area (Å²) in [7, 11) is 0. The Balaban J connectivity index is 1.33. The van der Waals surface area contributed by atoms with Gasteiger partial charge in [-0.3, -0.25) is 9.78 Å². The molecule has 140 valence electrons. The van der Waals surface area contributed by atoms with Crippen LogP contribution < -0.4 is 4.74 Å². The minimum absolute atomic E-state index is 0.205. The number of nitrogens with zero attached hydrogens (tertiary/aromatic N) is 2. The number of pyridine rings is 1. The first-order valence-corrected chi connectivity index (χ1v) is 9.66. The van der Waals surface area contributed by atoms with E-state index >= 15 is 0 Å². The summed E-state index contributed by atoms with van der Waals surface area (Å²) in [6, 6.07) is 14.0. The van der Waals surface area contributed by atoms with Gasteiger partial charge >= 0.3 is 0 Å². The van der Waals surface area contributed by atoms with Crippen LogP contribution in [0.2, 0.25) is 0 Å². The third-order valence-corrected chi connectivity index (χ3v) is 5.29. The number of fused-ring (bicyclic) bond motifs is 1. The lowest BCUT2D eigenvalue weighted by molar-refractivity contribution is -0.131. The average Bonchev–Trinajstić information content (AvgIpc) is 3.14. The van der Waals surface area contributed by atoms with E-state index in [1.165, 1.54) is 5.69 Å². The van der Waals surface area contributed by atoms with Crippen molar-refractivity contribution in [2.24, 2.45) is 0 Å². The van der Waals surface area contributed by atoms with Crippen molar-refractivity contribution in [3.63, 3.8) is 0 Å². The summed E-state index contributed by atoms with van der Waals surface area (Å²) in [5.41, 5.74) is 4.37. The maximum atomic E-state index is 12.6. The molecule has 1 aliphatic heterocycles. The van der Waals surface area contributed by atoms with Gasteiger partial charge in [-0.2, -0.15) is 0 Å². The Morgan fingerprint density at radius 1 is 1.22 bits per heavy atom. The maximum Gasteiger partial charge on any atom is 0.226 e. The average molecular weight is 363 g/mol. The van der Waals surface area contributed by atoms with Crippen molar-refractivity contribution in [3.05, 3.63) is 59.9 Å². The van der Waals surface area contributed by atoms with Crippen molar-refractivity contribution in [2.75, 3.05) is 19.7 Å². The number of benzene rings is 1. The molecule has 1 fully saturated rings. The first-order chi connectivity index (χ1) is 13.2. The van der Waals surface area contributed by atoms with Crippen molar-refractivity contribution in [2.45, 2.75) is 32.1 Å². The van der Waals surface area contributed by atoms with Gasteiger partial charge in [-0.25, -0.2) is 0 Å². The molecule has 5 heteroatoms. The summed E-state index contributed by atoms with van der Waals surface area (Å²) in [4.78, 5) is 22.5. The Kier molecular flexibility index (Phi) is 5.10. The van der Waals surface area contributed by atoms with Gasteiger partial charge in [0.2, 0.25) is 5.91 Å². The van der Waals surface area contributed by atoms with E-state index in [-0.39, 0.29) is 5.91 Å². The maximum absolute atomic E-state index is 12.6. The van der Waals surface area contributed by atoms with Crippen LogP contribution in [0.1, 0.15) is 36.9 Å². The fourth-order valence-electron chi connectivity index (χ4n) is 3.79. The fourth-order valence-corrected chi connectivity index (χ4v) is 3.79. The van der Waals surface area contributed by atoms with E-state index in [1.54, 1.807) is 0 Å². The predicted octanol–water partition coefficient (Wildman–Crippen LogP) is 3.91. The number of aromatic nitrogens is 2. The highest BCUT2D eigenvalue weighted by atomic mass is 16.5. The number of nitrogens with one attached hydrogen (secondary N) is 1. The van der Waals surface area contributed by atoms with Crippen molar-refractivity contribution in [1.29, 1.82) is 0 Å². The standard InChI is InChI=1S/C22H25N3O2/c1-2-27-18-7-5-16(6-8-18)14-22(26)25-12-9-17(10-13-25)20-15-21-19(24-20)4-3-11-23-21/h3-8,11,15,17,24H,2,9-10,12-14H2,1H3. The summed E-state index contributed by atoms with van der Waals surface area (Å²) >= 11 is 0. The molecule has 3 aromatic rings. The lowest BCUT2D eigenvalue weighted by Crippen LogP contribution is -2.38. The number of piperidine rings is 1. The number of ether oxygens (including phenoxy) is 1. The smallest absolute Gasteiger partial charge is 0.226 e. The molecular weight excluding hydrogens is 338 g/mol. The number of carbonyl (C=O) groups is 1. The van der Waals surface area contributed by atoms with Gasteiger partial charge in [-0.15, -0.1) is 0 Å². The second-order valence-electron chi connectivity index (χ2n) is 7.07. The van der Waals surface area contributed by atoms with E-state index in [2.05, 4.69) is 22.1 Å². The van der Waals surface area contributed by atoms with Crippen molar-refractivity contribution in [3.8, 4) is 5.75 Å². The van der Waals surface area contributed by atoms with E-state index in [0.717, 1.165) is 48.3 Å². The Hall–Kier alpha value is -2.82. The van der Waals surface area contributed by atoms with E-state index in [1.807, 2.05) is 48.4 Å². The third-order valence-electron chi connectivity index (χ3n) is 5.29. The number of hydrogen-bond donors (Lipinski definition) is 1. The first-order valence-electron chi connectivity index (χ1n) is 9.66. The molecule has 0 aliphatic carbocycles. The van der Waals surface area contributed by atoms with Gasteiger partial charge in [0.1, 0.15) is 5.75 Å². The lowest BCUT2D eigenvalue weighted by Gasteiger charge is -2.31. The topological polar surface area (TPSA) is 58.2 Å². The van der Waals surface area contributed by atoms with Crippen molar-refractivity contribution >= 4 is 16.9 Å². The molecule has 2 aromatic heterocycles. The predicted molar refractivity (Wildman–Crippen MR) is 106 cm³/mol. The van der Waals surface area contributed by atoms with Crippen LogP contribution in [0.15, 0.2) is 48.7 Å². The zero-order chi connectivity index (χ0) is 18.6. The van der Waals surface area contributed by atoms with Crippen LogP contribution in [-0.2, 0) is 11.2 Å². The Bertz CT molecular complexity index is 876. The number of rotatable bonds is 5. The summed E-state index contributed by atoms with van der Waals surface area (Å²) in [5.74, 6) is 1.52. The molecule has 1 N–H and O–H groups in total. The van der Waals surface area contributed by atoms with Gasteiger partial charge < -0.3 is 14.6 Å². The van der Waals surface area contributed by atoms with E-state index in [4.69, 9.17) is 4.74 Å². The Morgan fingerprint density at radius 3 is 2.70 bits per heavy atom. The van der Waals surface area contributed by atoms with Crippen LogP contribution in [0.3, 0.4) is 0 Å². The summed E-state index contributed by atoms with van der Waals surface area (Å²) in [6.07, 6.45) is 4.25. The molecule has 0 bridgehead atoms. The fraction of sp³-hybridized carbons (Fsp3) is 0.364. The highest BCUT2D eigenvalue weighted by Gasteiger charge is 2.25. The molecule has 0 spiro atoms. The summed E-state index contributed by atoms with van der Waals surface area (Å²) in [6.45, 7) is 4.24. The second kappa shape index (κ2) is 7.82. The van der Waals surface area contributed by atoms with Crippen LogP contribution in [0.4, 0.5) is 0 Å². The number of aromatic amines is 1. The minimum Gasteiger partial charge on any atom is -0.494 e. The van der Waals surface area contributed by atoms with Gasteiger partial charge in [0.15, 0.2) is 0 Å².